The van der Waals surface area contributed by atoms with Gasteiger partial charge in [-0.05, 0) is 25.5 Å². The molecule has 0 radical (unpaired) electrons. The SMILES string of the molecule is CCc1nc(-c2cc(C)ccc2OC)oc1C(=O)O. The smallest absolute Gasteiger partial charge is 0.373 e. The number of rotatable bonds is 4. The van der Waals surface area contributed by atoms with E-state index in [1.165, 1.54) is 0 Å². The highest BCUT2D eigenvalue weighted by atomic mass is 16.5. The molecule has 0 saturated heterocycles. The molecule has 1 N–H and O–H groups in total. The van der Waals surface area contributed by atoms with Crippen LogP contribution in [0.15, 0.2) is 22.6 Å². The maximum absolute atomic E-state index is 11.1. The second-order valence-electron chi connectivity index (χ2n) is 4.16. The average molecular weight is 261 g/mol. The maximum atomic E-state index is 11.1. The lowest BCUT2D eigenvalue weighted by atomic mass is 10.1. The molecule has 0 bridgehead atoms. The van der Waals surface area contributed by atoms with E-state index < -0.39 is 5.97 Å². The van der Waals surface area contributed by atoms with Crippen LogP contribution in [0, 0.1) is 6.92 Å². The van der Waals surface area contributed by atoms with Gasteiger partial charge in [-0.15, -0.1) is 0 Å². The molecule has 1 aromatic heterocycles. The molecule has 5 nitrogen and oxygen atoms in total. The molecular formula is C14H15NO4. The zero-order valence-corrected chi connectivity index (χ0v) is 11.1. The van der Waals surface area contributed by atoms with Gasteiger partial charge in [0, 0.05) is 0 Å². The molecule has 0 aliphatic carbocycles. The van der Waals surface area contributed by atoms with E-state index in [1.54, 1.807) is 13.2 Å². The zero-order valence-electron chi connectivity index (χ0n) is 11.1. The molecular weight excluding hydrogens is 246 g/mol. The summed E-state index contributed by atoms with van der Waals surface area (Å²) in [5.74, 6) is -0.343. The van der Waals surface area contributed by atoms with E-state index in [9.17, 15) is 4.79 Å². The van der Waals surface area contributed by atoms with Gasteiger partial charge < -0.3 is 14.3 Å². The maximum Gasteiger partial charge on any atom is 0.373 e. The third-order valence-electron chi connectivity index (χ3n) is 2.81. The standard InChI is InChI=1S/C14H15NO4/c1-4-10-12(14(16)17)19-13(15-10)9-7-8(2)5-6-11(9)18-3/h5-7H,4H2,1-3H3,(H,16,17). The lowest BCUT2D eigenvalue weighted by molar-refractivity contribution is 0.0662. The summed E-state index contributed by atoms with van der Waals surface area (Å²) in [7, 11) is 1.55. The molecule has 1 aromatic carbocycles. The Bertz CT molecular complexity index is 616. The molecule has 19 heavy (non-hydrogen) atoms. The lowest BCUT2D eigenvalue weighted by Gasteiger charge is -2.05. The summed E-state index contributed by atoms with van der Waals surface area (Å²) in [6, 6.07) is 5.57. The number of carboxylic acids is 1. The van der Waals surface area contributed by atoms with Crippen molar-refractivity contribution in [3.8, 4) is 17.2 Å². The largest absolute Gasteiger partial charge is 0.496 e. The van der Waals surface area contributed by atoms with Gasteiger partial charge in [0.25, 0.3) is 0 Å². The van der Waals surface area contributed by atoms with Crippen LogP contribution in [-0.2, 0) is 6.42 Å². The first-order chi connectivity index (χ1) is 9.06. The average Bonchev–Trinajstić information content (AvgIpc) is 2.82. The van der Waals surface area contributed by atoms with Gasteiger partial charge in [0.05, 0.1) is 18.4 Å². The van der Waals surface area contributed by atoms with Gasteiger partial charge in [-0.3, -0.25) is 0 Å². The predicted octanol–water partition coefficient (Wildman–Crippen LogP) is 2.92. The Morgan fingerprint density at radius 2 is 2.21 bits per heavy atom. The molecule has 1 heterocycles. The molecule has 0 unspecified atom stereocenters. The minimum atomic E-state index is -1.11. The van der Waals surface area contributed by atoms with E-state index in [4.69, 9.17) is 14.3 Å². The highest BCUT2D eigenvalue weighted by Gasteiger charge is 2.20. The van der Waals surface area contributed by atoms with Crippen LogP contribution in [0.3, 0.4) is 0 Å². The topological polar surface area (TPSA) is 72.6 Å². The molecule has 0 amide bonds. The van der Waals surface area contributed by atoms with Gasteiger partial charge in [0.15, 0.2) is 0 Å². The normalized spacial score (nSPS) is 10.5. The van der Waals surface area contributed by atoms with Gasteiger partial charge in [-0.2, -0.15) is 0 Å². The van der Waals surface area contributed by atoms with Gasteiger partial charge in [-0.25, -0.2) is 9.78 Å². The molecule has 2 rings (SSSR count). The summed E-state index contributed by atoms with van der Waals surface area (Å²) >= 11 is 0. The first-order valence-electron chi connectivity index (χ1n) is 5.94. The summed E-state index contributed by atoms with van der Waals surface area (Å²) in [4.78, 5) is 15.3. The van der Waals surface area contributed by atoms with Crippen molar-refractivity contribution in [1.29, 1.82) is 0 Å². The highest BCUT2D eigenvalue weighted by Crippen LogP contribution is 2.31. The van der Waals surface area contributed by atoms with Crippen LogP contribution in [0.5, 0.6) is 5.75 Å². The number of aromatic nitrogens is 1. The van der Waals surface area contributed by atoms with Crippen molar-refractivity contribution < 1.29 is 19.1 Å². The first kappa shape index (κ1) is 13.1. The molecule has 0 fully saturated rings. The number of aromatic carboxylic acids is 1. The lowest BCUT2D eigenvalue weighted by Crippen LogP contribution is -1.98. The van der Waals surface area contributed by atoms with E-state index in [2.05, 4.69) is 4.98 Å². The molecule has 0 aliphatic rings. The van der Waals surface area contributed by atoms with Crippen LogP contribution in [0.1, 0.15) is 28.7 Å². The first-order valence-corrected chi connectivity index (χ1v) is 5.94. The molecule has 0 saturated carbocycles. The number of carbonyl (C=O) groups is 1. The van der Waals surface area contributed by atoms with Crippen LogP contribution < -0.4 is 4.74 Å². The monoisotopic (exact) mass is 261 g/mol. The fourth-order valence-electron chi connectivity index (χ4n) is 1.86. The minimum Gasteiger partial charge on any atom is -0.496 e. The van der Waals surface area contributed by atoms with Gasteiger partial charge >= 0.3 is 5.97 Å². The summed E-state index contributed by atoms with van der Waals surface area (Å²) in [5, 5.41) is 9.07. The van der Waals surface area contributed by atoms with Crippen molar-refractivity contribution in [3.05, 3.63) is 35.2 Å². The second kappa shape index (κ2) is 5.14. The van der Waals surface area contributed by atoms with E-state index in [0.717, 1.165) is 5.56 Å². The van der Waals surface area contributed by atoms with E-state index in [0.29, 0.717) is 23.4 Å². The Morgan fingerprint density at radius 3 is 2.74 bits per heavy atom. The fourth-order valence-corrected chi connectivity index (χ4v) is 1.86. The summed E-state index contributed by atoms with van der Waals surface area (Å²) in [5.41, 5.74) is 2.11. The number of benzene rings is 1. The second-order valence-corrected chi connectivity index (χ2v) is 4.16. The number of hydrogen-bond acceptors (Lipinski definition) is 4. The van der Waals surface area contributed by atoms with Gasteiger partial charge in [0.2, 0.25) is 11.7 Å². The number of oxazole rings is 1. The number of aryl methyl sites for hydroxylation is 2. The Balaban J connectivity index is 2.59. The van der Waals surface area contributed by atoms with Crippen molar-refractivity contribution in [2.24, 2.45) is 0 Å². The number of hydrogen-bond donors (Lipinski definition) is 1. The van der Waals surface area contributed by atoms with E-state index in [1.807, 2.05) is 26.0 Å². The summed E-state index contributed by atoms with van der Waals surface area (Å²) in [6.45, 7) is 3.77. The predicted molar refractivity (Wildman–Crippen MR) is 69.6 cm³/mol. The van der Waals surface area contributed by atoms with Crippen LogP contribution >= 0.6 is 0 Å². The highest BCUT2D eigenvalue weighted by molar-refractivity contribution is 5.86. The Hall–Kier alpha value is -2.30. The Kier molecular flexibility index (Phi) is 3.55. The molecule has 100 valence electrons. The quantitative estimate of drug-likeness (QED) is 0.916. The number of ether oxygens (including phenoxy) is 1. The van der Waals surface area contributed by atoms with Crippen LogP contribution in [0.2, 0.25) is 0 Å². The van der Waals surface area contributed by atoms with Crippen molar-refractivity contribution in [3.63, 3.8) is 0 Å². The van der Waals surface area contributed by atoms with Gasteiger partial charge in [-0.1, -0.05) is 18.6 Å². The molecule has 5 heteroatoms. The van der Waals surface area contributed by atoms with E-state index >= 15 is 0 Å². The Morgan fingerprint density at radius 1 is 1.47 bits per heavy atom. The zero-order chi connectivity index (χ0) is 14.0. The van der Waals surface area contributed by atoms with Crippen molar-refractivity contribution >= 4 is 5.97 Å². The molecule has 2 aromatic rings. The Labute approximate surface area is 110 Å². The number of carboxylic acid groups (broad SMARTS) is 1. The minimum absolute atomic E-state index is 0.110. The summed E-state index contributed by atoms with van der Waals surface area (Å²) in [6.07, 6.45) is 0.499. The van der Waals surface area contributed by atoms with Crippen LogP contribution in [0.25, 0.3) is 11.5 Å². The molecule has 0 atom stereocenters. The van der Waals surface area contributed by atoms with Crippen molar-refractivity contribution in [2.75, 3.05) is 7.11 Å². The van der Waals surface area contributed by atoms with Crippen molar-refractivity contribution in [2.45, 2.75) is 20.3 Å². The third kappa shape index (κ3) is 2.45. The number of methoxy groups -OCH3 is 1. The van der Waals surface area contributed by atoms with Crippen LogP contribution in [-0.4, -0.2) is 23.2 Å². The third-order valence-corrected chi connectivity index (χ3v) is 2.81. The van der Waals surface area contributed by atoms with Crippen LogP contribution in [0.4, 0.5) is 0 Å². The van der Waals surface area contributed by atoms with E-state index in [-0.39, 0.29) is 11.7 Å². The molecule has 0 spiro atoms. The number of nitrogens with zero attached hydrogens (tertiary/aromatic N) is 1. The molecule has 0 aliphatic heterocycles. The summed E-state index contributed by atoms with van der Waals surface area (Å²) < 4.78 is 10.6. The fraction of sp³-hybridized carbons (Fsp3) is 0.286. The van der Waals surface area contributed by atoms with Gasteiger partial charge in [0.1, 0.15) is 5.75 Å². The van der Waals surface area contributed by atoms with Crippen molar-refractivity contribution in [1.82, 2.24) is 4.98 Å².